The normalized spacial score (nSPS) is 12.6. The van der Waals surface area contributed by atoms with Crippen LogP contribution in [0, 0.1) is 5.92 Å². The predicted molar refractivity (Wildman–Crippen MR) is 70.9 cm³/mol. The molecule has 2 nitrogen and oxygen atoms in total. The molecule has 1 unspecified atom stereocenters. The number of nitrogens with one attached hydrogen (secondary N) is 1. The molecule has 1 aromatic rings. The Labute approximate surface area is 110 Å². The van der Waals surface area contributed by atoms with E-state index in [4.69, 9.17) is 11.6 Å². The summed E-state index contributed by atoms with van der Waals surface area (Å²) < 4.78 is 0.808. The van der Waals surface area contributed by atoms with Gasteiger partial charge < -0.3 is 5.32 Å². The highest BCUT2D eigenvalue weighted by atomic mass is 79.9. The Bertz CT molecular complexity index is 372. The van der Waals surface area contributed by atoms with Crippen molar-refractivity contribution in [3.63, 3.8) is 0 Å². The van der Waals surface area contributed by atoms with Crippen molar-refractivity contribution < 1.29 is 4.79 Å². The van der Waals surface area contributed by atoms with E-state index >= 15 is 0 Å². The molecular weight excluding hydrogens is 289 g/mol. The molecule has 0 aliphatic carbocycles. The zero-order valence-corrected chi connectivity index (χ0v) is 11.9. The van der Waals surface area contributed by atoms with E-state index in [1.807, 2.05) is 6.92 Å². The van der Waals surface area contributed by atoms with Crippen LogP contribution in [0.25, 0.3) is 0 Å². The second-order valence-electron chi connectivity index (χ2n) is 4.16. The summed E-state index contributed by atoms with van der Waals surface area (Å²) in [7, 11) is 0. The van der Waals surface area contributed by atoms with Gasteiger partial charge in [0.25, 0.3) is 5.91 Å². The van der Waals surface area contributed by atoms with E-state index < -0.39 is 0 Å². The van der Waals surface area contributed by atoms with E-state index in [-0.39, 0.29) is 11.9 Å². The molecule has 0 aliphatic rings. The maximum absolute atomic E-state index is 11.9. The summed E-state index contributed by atoms with van der Waals surface area (Å²) in [5.74, 6) is 0.316. The third-order valence-corrected chi connectivity index (χ3v) is 3.16. The monoisotopic (exact) mass is 303 g/mol. The smallest absolute Gasteiger partial charge is 0.251 e. The van der Waals surface area contributed by atoms with Gasteiger partial charge in [0.05, 0.1) is 0 Å². The molecular formula is C12H15BrClNO. The Hall–Kier alpha value is -0.540. The summed E-state index contributed by atoms with van der Waals surface area (Å²) in [5, 5.41) is 3.48. The third-order valence-electron chi connectivity index (χ3n) is 2.48. The van der Waals surface area contributed by atoms with E-state index in [1.54, 1.807) is 18.2 Å². The maximum atomic E-state index is 11.9. The number of carbonyl (C=O) groups is 1. The van der Waals surface area contributed by atoms with Crippen LogP contribution in [0.1, 0.15) is 31.1 Å². The van der Waals surface area contributed by atoms with Crippen molar-refractivity contribution in [2.45, 2.75) is 26.8 Å². The van der Waals surface area contributed by atoms with Crippen LogP contribution in [-0.4, -0.2) is 11.9 Å². The van der Waals surface area contributed by atoms with Gasteiger partial charge in [0.1, 0.15) is 0 Å². The molecule has 16 heavy (non-hydrogen) atoms. The van der Waals surface area contributed by atoms with Gasteiger partial charge in [0.2, 0.25) is 0 Å². The fourth-order valence-corrected chi connectivity index (χ4v) is 2.00. The van der Waals surface area contributed by atoms with Crippen molar-refractivity contribution in [3.05, 3.63) is 33.3 Å². The van der Waals surface area contributed by atoms with Crippen molar-refractivity contribution in [1.82, 2.24) is 5.32 Å². The number of amides is 1. The highest BCUT2D eigenvalue weighted by Crippen LogP contribution is 2.19. The van der Waals surface area contributed by atoms with Crippen LogP contribution in [0.4, 0.5) is 0 Å². The van der Waals surface area contributed by atoms with Gasteiger partial charge in [0, 0.05) is 21.1 Å². The molecule has 0 bridgehead atoms. The minimum atomic E-state index is -0.0931. The molecule has 1 rings (SSSR count). The maximum Gasteiger partial charge on any atom is 0.251 e. The summed E-state index contributed by atoms with van der Waals surface area (Å²) in [6.07, 6.45) is 0. The molecule has 1 aromatic carbocycles. The first-order valence-electron chi connectivity index (χ1n) is 5.17. The molecule has 88 valence electrons. The predicted octanol–water partition coefficient (Wildman–Crippen LogP) is 3.88. The first-order chi connectivity index (χ1) is 7.40. The Morgan fingerprint density at radius 3 is 2.44 bits per heavy atom. The van der Waals surface area contributed by atoms with Crippen LogP contribution < -0.4 is 5.32 Å². The van der Waals surface area contributed by atoms with E-state index in [9.17, 15) is 4.79 Å². The van der Waals surface area contributed by atoms with Gasteiger partial charge in [-0.25, -0.2) is 0 Å². The van der Waals surface area contributed by atoms with Crippen molar-refractivity contribution in [2.75, 3.05) is 0 Å². The van der Waals surface area contributed by atoms with Gasteiger partial charge in [0.15, 0.2) is 0 Å². The summed E-state index contributed by atoms with van der Waals surface area (Å²) in [6, 6.07) is 5.32. The summed E-state index contributed by atoms with van der Waals surface area (Å²) in [4.78, 5) is 11.9. The summed E-state index contributed by atoms with van der Waals surface area (Å²) >= 11 is 9.20. The van der Waals surface area contributed by atoms with Gasteiger partial charge in [-0.05, 0) is 31.0 Å². The van der Waals surface area contributed by atoms with Crippen LogP contribution in [0.2, 0.25) is 5.02 Å². The Morgan fingerprint density at radius 2 is 1.94 bits per heavy atom. The minimum absolute atomic E-state index is 0.0931. The lowest BCUT2D eigenvalue weighted by Gasteiger charge is -2.17. The fraction of sp³-hybridized carbons (Fsp3) is 0.417. The lowest BCUT2D eigenvalue weighted by Crippen LogP contribution is -2.36. The van der Waals surface area contributed by atoms with Crippen molar-refractivity contribution in [2.24, 2.45) is 5.92 Å². The second-order valence-corrected chi connectivity index (χ2v) is 5.52. The van der Waals surface area contributed by atoms with Crippen LogP contribution >= 0.6 is 27.5 Å². The van der Waals surface area contributed by atoms with Crippen LogP contribution in [0.3, 0.4) is 0 Å². The molecule has 0 spiro atoms. The van der Waals surface area contributed by atoms with E-state index in [0.29, 0.717) is 16.5 Å². The van der Waals surface area contributed by atoms with Crippen molar-refractivity contribution >= 4 is 33.4 Å². The molecule has 0 saturated carbocycles. The van der Waals surface area contributed by atoms with Crippen molar-refractivity contribution in [1.29, 1.82) is 0 Å². The number of hydrogen-bond donors (Lipinski definition) is 1. The van der Waals surface area contributed by atoms with Crippen LogP contribution in [-0.2, 0) is 0 Å². The number of rotatable bonds is 3. The summed E-state index contributed by atoms with van der Waals surface area (Å²) in [6.45, 7) is 6.12. The first-order valence-corrected chi connectivity index (χ1v) is 6.34. The van der Waals surface area contributed by atoms with Gasteiger partial charge in [-0.1, -0.05) is 41.4 Å². The van der Waals surface area contributed by atoms with Gasteiger partial charge in [-0.2, -0.15) is 0 Å². The largest absolute Gasteiger partial charge is 0.349 e. The highest BCUT2D eigenvalue weighted by Gasteiger charge is 2.13. The number of halogens is 2. The molecule has 0 aromatic heterocycles. The average molecular weight is 305 g/mol. The van der Waals surface area contributed by atoms with E-state index in [1.165, 1.54) is 0 Å². The Kier molecular flexibility index (Phi) is 4.81. The second kappa shape index (κ2) is 5.69. The van der Waals surface area contributed by atoms with Gasteiger partial charge >= 0.3 is 0 Å². The molecule has 0 heterocycles. The standard InChI is InChI=1S/C12H15BrClNO/c1-7(2)8(3)15-12(16)9-4-10(13)6-11(14)5-9/h4-8H,1-3H3,(H,15,16). The first kappa shape index (κ1) is 13.5. The van der Waals surface area contributed by atoms with Gasteiger partial charge in [-0.3, -0.25) is 4.79 Å². The lowest BCUT2D eigenvalue weighted by atomic mass is 10.1. The average Bonchev–Trinajstić information content (AvgIpc) is 2.15. The Morgan fingerprint density at radius 1 is 1.31 bits per heavy atom. The third kappa shape index (κ3) is 3.80. The quantitative estimate of drug-likeness (QED) is 0.902. The highest BCUT2D eigenvalue weighted by molar-refractivity contribution is 9.10. The van der Waals surface area contributed by atoms with Gasteiger partial charge in [-0.15, -0.1) is 0 Å². The minimum Gasteiger partial charge on any atom is -0.349 e. The molecule has 0 radical (unpaired) electrons. The number of hydrogen-bond acceptors (Lipinski definition) is 1. The summed E-state index contributed by atoms with van der Waals surface area (Å²) in [5.41, 5.74) is 0.576. The molecule has 0 aliphatic heterocycles. The van der Waals surface area contributed by atoms with E-state index in [0.717, 1.165) is 4.47 Å². The SMILES string of the molecule is CC(C)C(C)NC(=O)c1cc(Cl)cc(Br)c1. The van der Waals surface area contributed by atoms with Crippen LogP contribution in [0.15, 0.2) is 22.7 Å². The Balaban J connectivity index is 2.80. The lowest BCUT2D eigenvalue weighted by molar-refractivity contribution is 0.0930. The number of benzene rings is 1. The molecule has 4 heteroatoms. The topological polar surface area (TPSA) is 29.1 Å². The van der Waals surface area contributed by atoms with Crippen molar-refractivity contribution in [3.8, 4) is 0 Å². The zero-order chi connectivity index (χ0) is 12.3. The molecule has 1 amide bonds. The fourth-order valence-electron chi connectivity index (χ4n) is 1.14. The molecule has 0 fully saturated rings. The van der Waals surface area contributed by atoms with E-state index in [2.05, 4.69) is 35.1 Å². The molecule has 1 N–H and O–H groups in total. The molecule has 0 saturated heterocycles. The molecule has 1 atom stereocenters. The van der Waals surface area contributed by atoms with Crippen LogP contribution in [0.5, 0.6) is 0 Å². The number of carbonyl (C=O) groups excluding carboxylic acids is 1. The zero-order valence-electron chi connectivity index (χ0n) is 9.55.